The van der Waals surface area contributed by atoms with E-state index >= 15 is 0 Å². The number of hydrogen-bond acceptors (Lipinski definition) is 5. The Labute approximate surface area is 102 Å². The molecule has 2 rings (SSSR count). The standard InChI is InChI=1S/C11H11NO2S2/c1-3-14-11(13)8-6-15-10(12-8)9-5-4-7(2)16-9/h4-6H,3H2,1-2H3. The third kappa shape index (κ3) is 2.31. The van der Waals surface area contributed by atoms with Gasteiger partial charge in [0.25, 0.3) is 0 Å². The number of carbonyl (C=O) groups excluding carboxylic acids is 1. The van der Waals surface area contributed by atoms with Gasteiger partial charge in [0.2, 0.25) is 0 Å². The lowest BCUT2D eigenvalue weighted by Gasteiger charge is -1.95. The number of aromatic nitrogens is 1. The zero-order valence-corrected chi connectivity index (χ0v) is 10.7. The maximum absolute atomic E-state index is 11.4. The number of thiophene rings is 1. The molecular formula is C11H11NO2S2. The molecule has 0 aliphatic carbocycles. The molecule has 2 aromatic rings. The smallest absolute Gasteiger partial charge is 0.357 e. The van der Waals surface area contributed by atoms with E-state index in [1.165, 1.54) is 16.2 Å². The predicted molar refractivity (Wildman–Crippen MR) is 66.1 cm³/mol. The van der Waals surface area contributed by atoms with Gasteiger partial charge in [0, 0.05) is 10.3 Å². The molecule has 16 heavy (non-hydrogen) atoms. The molecule has 0 radical (unpaired) electrons. The molecule has 2 heterocycles. The van der Waals surface area contributed by atoms with E-state index < -0.39 is 0 Å². The first-order valence-corrected chi connectivity index (χ1v) is 6.59. The minimum atomic E-state index is -0.349. The summed E-state index contributed by atoms with van der Waals surface area (Å²) in [6.07, 6.45) is 0. The number of nitrogens with zero attached hydrogens (tertiary/aromatic N) is 1. The Kier molecular flexibility index (Phi) is 3.36. The highest BCUT2D eigenvalue weighted by atomic mass is 32.1. The molecular weight excluding hydrogens is 242 g/mol. The van der Waals surface area contributed by atoms with E-state index in [0.717, 1.165) is 9.88 Å². The fourth-order valence-corrected chi connectivity index (χ4v) is 2.96. The number of carbonyl (C=O) groups is 1. The van der Waals surface area contributed by atoms with Gasteiger partial charge >= 0.3 is 5.97 Å². The first-order chi connectivity index (χ1) is 7.70. The molecule has 0 saturated heterocycles. The first-order valence-electron chi connectivity index (χ1n) is 4.90. The van der Waals surface area contributed by atoms with Crippen LogP contribution in [0.1, 0.15) is 22.3 Å². The summed E-state index contributed by atoms with van der Waals surface area (Å²) in [5, 5.41) is 2.61. The summed E-state index contributed by atoms with van der Waals surface area (Å²) in [4.78, 5) is 18.0. The lowest BCUT2D eigenvalue weighted by atomic mass is 10.4. The summed E-state index contributed by atoms with van der Waals surface area (Å²) < 4.78 is 4.89. The second-order valence-corrected chi connectivity index (χ2v) is 5.31. The zero-order chi connectivity index (χ0) is 11.5. The number of thiazole rings is 1. The van der Waals surface area contributed by atoms with Crippen molar-refractivity contribution in [3.05, 3.63) is 28.1 Å². The average molecular weight is 253 g/mol. The molecule has 0 aliphatic rings. The van der Waals surface area contributed by atoms with Crippen LogP contribution in [0, 0.1) is 6.92 Å². The average Bonchev–Trinajstić information content (AvgIpc) is 2.85. The summed E-state index contributed by atoms with van der Waals surface area (Å²) in [7, 11) is 0. The van der Waals surface area contributed by atoms with Crippen LogP contribution in [0.15, 0.2) is 17.5 Å². The summed E-state index contributed by atoms with van der Waals surface area (Å²) in [5.41, 5.74) is 0.396. The maximum Gasteiger partial charge on any atom is 0.357 e. The fourth-order valence-electron chi connectivity index (χ4n) is 1.24. The summed E-state index contributed by atoms with van der Waals surface area (Å²) in [6, 6.07) is 4.07. The van der Waals surface area contributed by atoms with Gasteiger partial charge in [0.05, 0.1) is 11.5 Å². The van der Waals surface area contributed by atoms with Gasteiger partial charge in [0.15, 0.2) is 5.69 Å². The zero-order valence-electron chi connectivity index (χ0n) is 9.02. The van der Waals surface area contributed by atoms with Crippen molar-refractivity contribution in [2.75, 3.05) is 6.61 Å². The lowest BCUT2D eigenvalue weighted by Crippen LogP contribution is -2.04. The number of esters is 1. The Morgan fingerprint density at radius 3 is 2.94 bits per heavy atom. The second kappa shape index (κ2) is 4.76. The van der Waals surface area contributed by atoms with Crippen molar-refractivity contribution in [1.29, 1.82) is 0 Å². The van der Waals surface area contributed by atoms with Gasteiger partial charge in [-0.3, -0.25) is 0 Å². The van der Waals surface area contributed by atoms with E-state index in [0.29, 0.717) is 12.3 Å². The highest BCUT2D eigenvalue weighted by molar-refractivity contribution is 7.21. The highest BCUT2D eigenvalue weighted by Crippen LogP contribution is 2.30. The van der Waals surface area contributed by atoms with Crippen molar-refractivity contribution in [3.8, 4) is 9.88 Å². The molecule has 0 amide bonds. The van der Waals surface area contributed by atoms with E-state index in [4.69, 9.17) is 4.74 Å². The van der Waals surface area contributed by atoms with E-state index in [-0.39, 0.29) is 5.97 Å². The molecule has 0 fully saturated rings. The van der Waals surface area contributed by atoms with Gasteiger partial charge < -0.3 is 4.74 Å². The van der Waals surface area contributed by atoms with Crippen LogP contribution in [0.2, 0.25) is 0 Å². The molecule has 3 nitrogen and oxygen atoms in total. The van der Waals surface area contributed by atoms with Gasteiger partial charge in [-0.05, 0) is 26.0 Å². The molecule has 0 saturated carbocycles. The van der Waals surface area contributed by atoms with Crippen LogP contribution in [0.5, 0.6) is 0 Å². The maximum atomic E-state index is 11.4. The molecule has 0 bridgehead atoms. The van der Waals surface area contributed by atoms with Gasteiger partial charge in [-0.1, -0.05) is 0 Å². The third-order valence-electron chi connectivity index (χ3n) is 1.94. The minimum Gasteiger partial charge on any atom is -0.461 e. The number of rotatable bonds is 3. The van der Waals surface area contributed by atoms with Crippen LogP contribution < -0.4 is 0 Å². The monoisotopic (exact) mass is 253 g/mol. The van der Waals surface area contributed by atoms with E-state index in [9.17, 15) is 4.79 Å². The Morgan fingerprint density at radius 1 is 1.50 bits per heavy atom. The molecule has 0 aromatic carbocycles. The number of hydrogen-bond donors (Lipinski definition) is 0. The molecule has 5 heteroatoms. The van der Waals surface area contributed by atoms with Gasteiger partial charge in [0.1, 0.15) is 5.01 Å². The minimum absolute atomic E-state index is 0.349. The molecule has 0 unspecified atom stereocenters. The fraction of sp³-hybridized carbons (Fsp3) is 0.273. The van der Waals surface area contributed by atoms with E-state index in [1.807, 2.05) is 19.1 Å². The Bertz CT molecular complexity index is 502. The van der Waals surface area contributed by atoms with Crippen LogP contribution in [-0.2, 0) is 4.74 Å². The van der Waals surface area contributed by atoms with E-state index in [1.54, 1.807) is 23.6 Å². The number of ether oxygens (including phenoxy) is 1. The van der Waals surface area contributed by atoms with Crippen molar-refractivity contribution in [2.24, 2.45) is 0 Å². The molecule has 2 aromatic heterocycles. The summed E-state index contributed by atoms with van der Waals surface area (Å²) in [5.74, 6) is -0.349. The van der Waals surface area contributed by atoms with Gasteiger partial charge in [-0.15, -0.1) is 22.7 Å². The molecule has 0 aliphatic heterocycles. The Morgan fingerprint density at radius 2 is 2.31 bits per heavy atom. The third-order valence-corrected chi connectivity index (χ3v) is 3.95. The Balaban J connectivity index is 2.22. The predicted octanol–water partition coefficient (Wildman–Crippen LogP) is 3.36. The summed E-state index contributed by atoms with van der Waals surface area (Å²) >= 11 is 3.14. The van der Waals surface area contributed by atoms with Crippen molar-refractivity contribution < 1.29 is 9.53 Å². The van der Waals surface area contributed by atoms with Crippen LogP contribution in [0.25, 0.3) is 9.88 Å². The van der Waals surface area contributed by atoms with Crippen LogP contribution in [-0.4, -0.2) is 17.6 Å². The molecule has 84 valence electrons. The van der Waals surface area contributed by atoms with E-state index in [2.05, 4.69) is 4.98 Å². The van der Waals surface area contributed by atoms with Crippen LogP contribution in [0.4, 0.5) is 0 Å². The molecule has 0 atom stereocenters. The summed E-state index contributed by atoms with van der Waals surface area (Å²) in [6.45, 7) is 4.21. The van der Waals surface area contributed by atoms with Crippen molar-refractivity contribution in [3.63, 3.8) is 0 Å². The number of aryl methyl sites for hydroxylation is 1. The normalized spacial score (nSPS) is 10.4. The van der Waals surface area contributed by atoms with Crippen molar-refractivity contribution in [2.45, 2.75) is 13.8 Å². The van der Waals surface area contributed by atoms with Gasteiger partial charge in [-0.25, -0.2) is 9.78 Å². The van der Waals surface area contributed by atoms with Crippen LogP contribution >= 0.6 is 22.7 Å². The molecule has 0 spiro atoms. The van der Waals surface area contributed by atoms with Crippen molar-refractivity contribution in [1.82, 2.24) is 4.98 Å². The van der Waals surface area contributed by atoms with Gasteiger partial charge in [-0.2, -0.15) is 0 Å². The van der Waals surface area contributed by atoms with Crippen LogP contribution in [0.3, 0.4) is 0 Å². The second-order valence-electron chi connectivity index (χ2n) is 3.17. The SMILES string of the molecule is CCOC(=O)c1csc(-c2ccc(C)s2)n1. The first kappa shape index (κ1) is 11.3. The Hall–Kier alpha value is -1.20. The molecule has 0 N–H and O–H groups in total. The topological polar surface area (TPSA) is 39.2 Å². The highest BCUT2D eigenvalue weighted by Gasteiger charge is 2.13. The van der Waals surface area contributed by atoms with Crippen molar-refractivity contribution >= 4 is 28.6 Å². The lowest BCUT2D eigenvalue weighted by molar-refractivity contribution is 0.0520. The quantitative estimate of drug-likeness (QED) is 0.787. The largest absolute Gasteiger partial charge is 0.461 e.